The summed E-state index contributed by atoms with van der Waals surface area (Å²) >= 11 is 1.58. The molecule has 0 aliphatic carbocycles. The normalized spacial score (nSPS) is 22.6. The zero-order valence-electron chi connectivity index (χ0n) is 8.11. The van der Waals surface area contributed by atoms with Crippen LogP contribution in [0.4, 0.5) is 0 Å². The van der Waals surface area contributed by atoms with E-state index in [2.05, 4.69) is 10.0 Å². The molecule has 0 saturated carbocycles. The molecule has 0 aromatic rings. The highest BCUT2D eigenvalue weighted by molar-refractivity contribution is 7.99. The standard InChI is InChI=1S/C7H14N2O3S2/c1-5(2)14(11,12)9-7(10)6-3-13-4-8-6/h5-6,8H,3-4H2,1-2H3,(H,9,10). The van der Waals surface area contributed by atoms with Crippen molar-refractivity contribution in [3.8, 4) is 0 Å². The van der Waals surface area contributed by atoms with E-state index in [9.17, 15) is 13.2 Å². The summed E-state index contributed by atoms with van der Waals surface area (Å²) in [6.45, 7) is 3.07. The Bertz CT molecular complexity index is 307. The fourth-order valence-electron chi connectivity index (χ4n) is 0.893. The summed E-state index contributed by atoms with van der Waals surface area (Å²) in [5.41, 5.74) is 0. The molecule has 7 heteroatoms. The topological polar surface area (TPSA) is 75.3 Å². The third-order valence-corrected chi connectivity index (χ3v) is 4.56. The van der Waals surface area contributed by atoms with Crippen molar-refractivity contribution in [2.45, 2.75) is 25.1 Å². The van der Waals surface area contributed by atoms with E-state index in [0.29, 0.717) is 11.6 Å². The van der Waals surface area contributed by atoms with E-state index in [1.165, 1.54) is 13.8 Å². The fourth-order valence-corrected chi connectivity index (χ4v) is 2.49. The number of thioether (sulfide) groups is 1. The van der Waals surface area contributed by atoms with Crippen LogP contribution >= 0.6 is 11.8 Å². The molecule has 0 aromatic heterocycles. The lowest BCUT2D eigenvalue weighted by Crippen LogP contribution is -2.46. The Morgan fingerprint density at radius 1 is 1.57 bits per heavy atom. The molecule has 1 saturated heterocycles. The van der Waals surface area contributed by atoms with Crippen LogP contribution in [0, 0.1) is 0 Å². The molecule has 1 amide bonds. The van der Waals surface area contributed by atoms with Crippen molar-refractivity contribution in [2.24, 2.45) is 0 Å². The minimum atomic E-state index is -3.48. The maximum atomic E-state index is 11.4. The Balaban J connectivity index is 2.56. The summed E-state index contributed by atoms with van der Waals surface area (Å²) in [5.74, 6) is 0.864. The average Bonchev–Trinajstić information content (AvgIpc) is 2.54. The predicted molar refractivity (Wildman–Crippen MR) is 56.4 cm³/mol. The Labute approximate surface area is 88.1 Å². The van der Waals surface area contributed by atoms with E-state index in [1.54, 1.807) is 11.8 Å². The molecule has 5 nitrogen and oxygen atoms in total. The highest BCUT2D eigenvalue weighted by Crippen LogP contribution is 2.10. The van der Waals surface area contributed by atoms with Gasteiger partial charge in [-0.2, -0.15) is 0 Å². The Morgan fingerprint density at radius 2 is 2.21 bits per heavy atom. The third kappa shape index (κ3) is 2.86. The van der Waals surface area contributed by atoms with Crippen molar-refractivity contribution in [1.82, 2.24) is 10.0 Å². The second-order valence-corrected chi connectivity index (χ2v) is 6.60. The van der Waals surface area contributed by atoms with Crippen LogP contribution in [0.15, 0.2) is 0 Å². The summed E-state index contributed by atoms with van der Waals surface area (Å²) in [6.07, 6.45) is 0. The average molecular weight is 238 g/mol. The third-order valence-electron chi connectivity index (χ3n) is 1.90. The zero-order valence-corrected chi connectivity index (χ0v) is 9.74. The van der Waals surface area contributed by atoms with Crippen molar-refractivity contribution in [3.05, 3.63) is 0 Å². The predicted octanol–water partition coefficient (Wildman–Crippen LogP) is -0.497. The zero-order chi connectivity index (χ0) is 10.8. The first-order chi connectivity index (χ1) is 6.43. The van der Waals surface area contributed by atoms with Crippen LogP contribution in [0.3, 0.4) is 0 Å². The summed E-state index contributed by atoms with van der Waals surface area (Å²) in [5, 5.41) is 2.32. The number of hydrogen-bond acceptors (Lipinski definition) is 5. The smallest absolute Gasteiger partial charge is 0.251 e. The summed E-state index contributed by atoms with van der Waals surface area (Å²) in [6, 6.07) is -0.381. The SMILES string of the molecule is CC(C)S(=O)(=O)NC(=O)C1CSCN1. The highest BCUT2D eigenvalue weighted by atomic mass is 32.2. The maximum absolute atomic E-state index is 11.4. The van der Waals surface area contributed by atoms with E-state index in [1.807, 2.05) is 0 Å². The van der Waals surface area contributed by atoms with Gasteiger partial charge in [0.05, 0.1) is 11.3 Å². The molecule has 2 N–H and O–H groups in total. The molecular weight excluding hydrogens is 224 g/mol. The first-order valence-electron chi connectivity index (χ1n) is 4.30. The minimum Gasteiger partial charge on any atom is -0.296 e. The van der Waals surface area contributed by atoms with Crippen molar-refractivity contribution < 1.29 is 13.2 Å². The van der Waals surface area contributed by atoms with Gasteiger partial charge >= 0.3 is 0 Å². The molecule has 0 spiro atoms. The molecule has 1 unspecified atom stereocenters. The molecule has 1 heterocycles. The lowest BCUT2D eigenvalue weighted by molar-refractivity contribution is -0.120. The first-order valence-corrected chi connectivity index (χ1v) is 7.00. The Hall–Kier alpha value is -0.270. The number of carbonyl (C=O) groups excluding carboxylic acids is 1. The number of amides is 1. The van der Waals surface area contributed by atoms with Gasteiger partial charge in [-0.1, -0.05) is 0 Å². The van der Waals surface area contributed by atoms with Gasteiger partial charge in [0.25, 0.3) is 5.91 Å². The lowest BCUT2D eigenvalue weighted by Gasteiger charge is -2.12. The van der Waals surface area contributed by atoms with Crippen LogP contribution in [0.5, 0.6) is 0 Å². The molecule has 82 valence electrons. The van der Waals surface area contributed by atoms with Crippen molar-refractivity contribution in [1.29, 1.82) is 0 Å². The molecule has 1 aliphatic rings. The summed E-state index contributed by atoms with van der Waals surface area (Å²) in [4.78, 5) is 11.4. The number of carbonyl (C=O) groups is 1. The van der Waals surface area contributed by atoms with E-state index in [-0.39, 0.29) is 6.04 Å². The second-order valence-electron chi connectivity index (χ2n) is 3.33. The monoisotopic (exact) mass is 238 g/mol. The summed E-state index contributed by atoms with van der Waals surface area (Å²) in [7, 11) is -3.48. The van der Waals surface area contributed by atoms with Gasteiger partial charge in [0.1, 0.15) is 0 Å². The quantitative estimate of drug-likeness (QED) is 0.693. The largest absolute Gasteiger partial charge is 0.296 e. The van der Waals surface area contributed by atoms with Crippen molar-refractivity contribution in [2.75, 3.05) is 11.6 Å². The maximum Gasteiger partial charge on any atom is 0.251 e. The van der Waals surface area contributed by atoms with Gasteiger partial charge in [-0.05, 0) is 13.8 Å². The molecule has 1 fully saturated rings. The second kappa shape index (κ2) is 4.50. The Morgan fingerprint density at radius 3 is 2.64 bits per heavy atom. The van der Waals surface area contributed by atoms with Gasteiger partial charge in [-0.15, -0.1) is 11.8 Å². The van der Waals surface area contributed by atoms with E-state index in [0.717, 1.165) is 0 Å². The Kier molecular flexibility index (Phi) is 3.79. The van der Waals surface area contributed by atoms with Crippen LogP contribution in [0.1, 0.15) is 13.8 Å². The van der Waals surface area contributed by atoms with Gasteiger partial charge in [0.2, 0.25) is 10.0 Å². The van der Waals surface area contributed by atoms with Crippen molar-refractivity contribution >= 4 is 27.7 Å². The van der Waals surface area contributed by atoms with E-state index < -0.39 is 21.2 Å². The number of hydrogen-bond donors (Lipinski definition) is 2. The van der Waals surface area contributed by atoms with Gasteiger partial charge in [0, 0.05) is 11.6 Å². The van der Waals surface area contributed by atoms with Gasteiger partial charge in [0.15, 0.2) is 0 Å². The number of sulfonamides is 1. The van der Waals surface area contributed by atoms with Gasteiger partial charge in [-0.25, -0.2) is 8.42 Å². The first kappa shape index (κ1) is 11.8. The van der Waals surface area contributed by atoms with Gasteiger partial charge < -0.3 is 0 Å². The fraction of sp³-hybridized carbons (Fsp3) is 0.857. The number of nitrogens with one attached hydrogen (secondary N) is 2. The molecule has 0 bridgehead atoms. The molecule has 1 atom stereocenters. The molecular formula is C7H14N2O3S2. The minimum absolute atomic E-state index is 0.381. The molecule has 0 radical (unpaired) electrons. The van der Waals surface area contributed by atoms with Crippen molar-refractivity contribution in [3.63, 3.8) is 0 Å². The van der Waals surface area contributed by atoms with Crippen LogP contribution in [-0.2, 0) is 14.8 Å². The lowest BCUT2D eigenvalue weighted by atomic mass is 10.3. The molecule has 1 aliphatic heterocycles. The molecule has 0 aromatic carbocycles. The molecule has 1 rings (SSSR count). The van der Waals surface area contributed by atoms with Gasteiger partial charge in [-0.3, -0.25) is 14.8 Å². The van der Waals surface area contributed by atoms with E-state index in [4.69, 9.17) is 0 Å². The van der Waals surface area contributed by atoms with E-state index >= 15 is 0 Å². The summed E-state index contributed by atoms with van der Waals surface area (Å²) < 4.78 is 24.7. The van der Waals surface area contributed by atoms with Crippen LogP contribution < -0.4 is 10.0 Å². The van der Waals surface area contributed by atoms with Crippen LogP contribution in [-0.4, -0.2) is 37.2 Å². The van der Waals surface area contributed by atoms with Crippen LogP contribution in [0.25, 0.3) is 0 Å². The highest BCUT2D eigenvalue weighted by Gasteiger charge is 2.27. The number of rotatable bonds is 3. The molecule has 14 heavy (non-hydrogen) atoms. The van der Waals surface area contributed by atoms with Crippen LogP contribution in [0.2, 0.25) is 0 Å².